The molecule has 4 aromatic rings. The fourth-order valence-electron chi connectivity index (χ4n) is 4.52. The minimum Gasteiger partial charge on any atom is -0.415 e. The first-order chi connectivity index (χ1) is 18.6. The highest BCUT2D eigenvalue weighted by Crippen LogP contribution is 2.26. The summed E-state index contributed by atoms with van der Waals surface area (Å²) in [6, 6.07) is 2.36. The molecule has 0 radical (unpaired) electrons. The summed E-state index contributed by atoms with van der Waals surface area (Å²) in [7, 11) is 0. The van der Waals surface area contributed by atoms with E-state index in [1.165, 1.54) is 0 Å². The third-order valence-corrected chi connectivity index (χ3v) is 6.17. The van der Waals surface area contributed by atoms with Crippen molar-refractivity contribution in [2.45, 2.75) is 0 Å². The van der Waals surface area contributed by atoms with Crippen LogP contribution < -0.4 is 20.9 Å². The van der Waals surface area contributed by atoms with Crippen LogP contribution in [0.1, 0.15) is 0 Å². The van der Waals surface area contributed by atoms with Gasteiger partial charge in [-0.15, -0.1) is 0 Å². The zero-order chi connectivity index (χ0) is 30.0. The molecule has 4 rings (SSSR count). The Kier molecular flexibility index (Phi) is 7.05. The van der Waals surface area contributed by atoms with E-state index in [1.54, 1.807) is 0 Å². The molecule has 0 amide bonds. The molecular weight excluding hydrogens is 586 g/mol. The minimum atomic E-state index is -5.80. The molecule has 1 aromatic heterocycles. The first-order valence-corrected chi connectivity index (χ1v) is 10.3. The maximum atomic E-state index is 15.3. The Labute approximate surface area is 211 Å². The van der Waals surface area contributed by atoms with Crippen LogP contribution >= 0.6 is 0 Å². The number of halogens is 15. The summed E-state index contributed by atoms with van der Waals surface area (Å²) in [5, 5.41) is 0. The van der Waals surface area contributed by atoms with Gasteiger partial charge in [-0.05, 0) is 28.5 Å². The second-order valence-electron chi connectivity index (χ2n) is 8.09. The van der Waals surface area contributed by atoms with Gasteiger partial charge < -0.3 is 4.48 Å². The van der Waals surface area contributed by atoms with E-state index in [0.717, 1.165) is 6.07 Å². The van der Waals surface area contributed by atoms with Crippen LogP contribution in [0.15, 0.2) is 30.6 Å². The van der Waals surface area contributed by atoms with E-state index in [9.17, 15) is 39.5 Å². The van der Waals surface area contributed by atoms with Gasteiger partial charge in [-0.25, -0.2) is 65.9 Å². The molecule has 0 saturated carbocycles. The summed E-state index contributed by atoms with van der Waals surface area (Å²) in [6.07, 6.45) is -5.17. The Morgan fingerprint density at radius 1 is 0.300 bits per heavy atom. The van der Waals surface area contributed by atoms with E-state index in [0.29, 0.717) is 24.5 Å². The summed E-state index contributed by atoms with van der Waals surface area (Å²) in [4.78, 5) is 0. The molecule has 0 saturated heterocycles. The second kappa shape index (κ2) is 9.78. The van der Waals surface area contributed by atoms with Crippen molar-refractivity contribution < 1.29 is 70.3 Å². The van der Waals surface area contributed by atoms with Crippen LogP contribution in [0.4, 0.5) is 65.9 Å². The molecule has 17 heteroatoms. The zero-order valence-corrected chi connectivity index (χ0v) is 18.6. The fraction of sp³-hybridized carbons (Fsp3) is 0. The number of hydrogen-bond donors (Lipinski definition) is 0. The maximum absolute atomic E-state index is 15.3. The van der Waals surface area contributed by atoms with Crippen molar-refractivity contribution in [1.29, 1.82) is 0 Å². The molecule has 3 aromatic carbocycles. The van der Waals surface area contributed by atoms with Gasteiger partial charge in [0.25, 0.3) is 0 Å². The molecule has 0 aliphatic heterocycles. The smallest absolute Gasteiger partial charge is 0.377 e. The summed E-state index contributed by atoms with van der Waals surface area (Å²) >= 11 is 0. The Balaban J connectivity index is 2.55. The van der Waals surface area contributed by atoms with Gasteiger partial charge in [0.15, 0.2) is 52.4 Å². The SMILES string of the molecule is Fc1c(F)c(F)c([B-](c2c(F)c(F)c(F)c(F)c2F)(c2c(F)c(F)c(F)c(F)c2F)[n+]2ccccc2)c(F)c1F. The minimum absolute atomic E-state index is 0.213. The molecule has 0 spiro atoms. The molecule has 40 heavy (non-hydrogen) atoms. The molecular formula is C23H5BF15N. The fourth-order valence-corrected chi connectivity index (χ4v) is 4.52. The van der Waals surface area contributed by atoms with Gasteiger partial charge in [-0.3, -0.25) is 0 Å². The van der Waals surface area contributed by atoms with Gasteiger partial charge >= 0.3 is 6.28 Å². The molecule has 0 bridgehead atoms. The third-order valence-electron chi connectivity index (χ3n) is 6.17. The summed E-state index contributed by atoms with van der Waals surface area (Å²) in [6.45, 7) is 0. The van der Waals surface area contributed by atoms with E-state index < -0.39 is 110 Å². The van der Waals surface area contributed by atoms with Crippen LogP contribution in [0.25, 0.3) is 0 Å². The first-order valence-electron chi connectivity index (χ1n) is 10.3. The zero-order valence-electron chi connectivity index (χ0n) is 18.6. The Bertz CT molecular complexity index is 1450. The average molecular weight is 591 g/mol. The number of hydrogen-bond acceptors (Lipinski definition) is 0. The Morgan fingerprint density at radius 2 is 0.500 bits per heavy atom. The lowest BCUT2D eigenvalue weighted by Gasteiger charge is -2.38. The normalized spacial score (nSPS) is 11.9. The van der Waals surface area contributed by atoms with E-state index in [-0.39, 0.29) is 4.48 Å². The predicted molar refractivity (Wildman–Crippen MR) is 105 cm³/mol. The number of benzene rings is 3. The predicted octanol–water partition coefficient (Wildman–Crippen LogP) is 4.58. The maximum Gasteiger partial charge on any atom is 0.377 e. The number of rotatable bonds is 4. The molecule has 0 N–H and O–H groups in total. The monoisotopic (exact) mass is 591 g/mol. The molecule has 0 aliphatic carbocycles. The van der Waals surface area contributed by atoms with Gasteiger partial charge in [-0.1, -0.05) is 6.07 Å². The lowest BCUT2D eigenvalue weighted by Crippen LogP contribution is -2.88. The lowest BCUT2D eigenvalue weighted by molar-refractivity contribution is -0.539. The van der Waals surface area contributed by atoms with Crippen molar-refractivity contribution in [2.75, 3.05) is 0 Å². The Hall–Kier alpha value is -4.18. The van der Waals surface area contributed by atoms with Crippen LogP contribution in [0.2, 0.25) is 0 Å². The topological polar surface area (TPSA) is 3.88 Å². The van der Waals surface area contributed by atoms with Crippen molar-refractivity contribution in [3.63, 3.8) is 0 Å². The van der Waals surface area contributed by atoms with Crippen molar-refractivity contribution in [2.24, 2.45) is 0 Å². The van der Waals surface area contributed by atoms with Crippen molar-refractivity contribution in [1.82, 2.24) is 0 Å². The Morgan fingerprint density at radius 3 is 0.725 bits per heavy atom. The highest BCUT2D eigenvalue weighted by atomic mass is 19.2. The number of pyridine rings is 1. The van der Waals surface area contributed by atoms with E-state index in [4.69, 9.17) is 0 Å². The van der Waals surface area contributed by atoms with Crippen molar-refractivity contribution in [3.05, 3.63) is 118 Å². The van der Waals surface area contributed by atoms with E-state index >= 15 is 26.3 Å². The second-order valence-corrected chi connectivity index (χ2v) is 8.09. The molecule has 0 fully saturated rings. The average Bonchev–Trinajstić information content (AvgIpc) is 2.95. The van der Waals surface area contributed by atoms with Crippen LogP contribution in [0.3, 0.4) is 0 Å². The van der Waals surface area contributed by atoms with Gasteiger partial charge in [-0.2, -0.15) is 0 Å². The largest absolute Gasteiger partial charge is 0.415 e. The number of nitrogens with zero attached hydrogens (tertiary/aromatic N) is 1. The van der Waals surface area contributed by atoms with Gasteiger partial charge in [0.05, 0.1) is 0 Å². The summed E-state index contributed by atoms with van der Waals surface area (Å²) < 4.78 is 220. The molecule has 0 atom stereocenters. The van der Waals surface area contributed by atoms with Gasteiger partial charge in [0.2, 0.25) is 0 Å². The van der Waals surface area contributed by atoms with Crippen molar-refractivity contribution >= 4 is 22.7 Å². The number of aromatic nitrogens is 1. The molecule has 0 unspecified atom stereocenters. The molecule has 0 aliphatic rings. The van der Waals surface area contributed by atoms with Gasteiger partial charge in [0.1, 0.15) is 47.3 Å². The first kappa shape index (κ1) is 28.8. The van der Waals surface area contributed by atoms with Crippen LogP contribution in [0.5, 0.6) is 0 Å². The van der Waals surface area contributed by atoms with Crippen LogP contribution in [-0.2, 0) is 0 Å². The lowest BCUT2D eigenvalue weighted by atomic mass is 9.23. The van der Waals surface area contributed by atoms with Crippen LogP contribution in [-0.4, -0.2) is 6.28 Å². The van der Waals surface area contributed by atoms with E-state index in [2.05, 4.69) is 0 Å². The quantitative estimate of drug-likeness (QED) is 0.142. The summed E-state index contributed by atoms with van der Waals surface area (Å²) in [5.41, 5.74) is -8.13. The van der Waals surface area contributed by atoms with Crippen molar-refractivity contribution in [3.8, 4) is 0 Å². The molecule has 210 valence electrons. The highest BCUT2D eigenvalue weighted by molar-refractivity contribution is 7.05. The highest BCUT2D eigenvalue weighted by Gasteiger charge is 2.56. The van der Waals surface area contributed by atoms with E-state index in [1.807, 2.05) is 0 Å². The van der Waals surface area contributed by atoms with Gasteiger partial charge in [0, 0.05) is 0 Å². The summed E-state index contributed by atoms with van der Waals surface area (Å²) in [5.74, 6) is -45.7. The van der Waals surface area contributed by atoms with Crippen LogP contribution in [0, 0.1) is 87.3 Å². The molecule has 1 nitrogen and oxygen atoms in total. The standard InChI is InChI=1S/C23H5BF15N/c25-9-6(10(26)16(32)21(37)15(9)31)24(40-4-2-1-3-5-40,7-11(27)17(33)22(38)18(34)12(7)28)8-13(29)19(35)23(39)20(36)14(8)30/h1-5H. The molecule has 1 heterocycles. The third kappa shape index (κ3) is 3.66.